The van der Waals surface area contributed by atoms with Gasteiger partial charge < -0.3 is 9.47 Å². The van der Waals surface area contributed by atoms with Crippen LogP contribution in [0.25, 0.3) is 0 Å². The Labute approximate surface area is 157 Å². The molecule has 0 aromatic heterocycles. The minimum atomic E-state index is -0.906. The van der Waals surface area contributed by atoms with E-state index < -0.39 is 23.1 Å². The summed E-state index contributed by atoms with van der Waals surface area (Å²) in [6, 6.07) is 8.08. The molecule has 1 unspecified atom stereocenters. The van der Waals surface area contributed by atoms with Crippen molar-refractivity contribution in [2.24, 2.45) is 5.41 Å². The van der Waals surface area contributed by atoms with Crippen LogP contribution in [0, 0.1) is 12.3 Å². The lowest BCUT2D eigenvalue weighted by Crippen LogP contribution is -2.40. The maximum atomic E-state index is 12.8. The van der Waals surface area contributed by atoms with Crippen LogP contribution < -0.4 is 0 Å². The van der Waals surface area contributed by atoms with Crippen molar-refractivity contribution in [2.75, 3.05) is 0 Å². The van der Waals surface area contributed by atoms with Crippen molar-refractivity contribution >= 4 is 11.9 Å². The number of carbonyl (C=O) groups is 2. The molecule has 0 amide bonds. The summed E-state index contributed by atoms with van der Waals surface area (Å²) in [4.78, 5) is 25.0. The average Bonchev–Trinajstić information content (AvgIpc) is 2.62. The standard InChI is InChI=1S/C22H32O4/c1-6-21(4,5)20(24)25-17(3)19(23)26-22(14-10-7-11-15-22)18-13-9-8-12-16(18)2/h8-9,12-13,17H,6-7,10-11,14-15H2,1-5H3. The van der Waals surface area contributed by atoms with Crippen LogP contribution in [0.1, 0.15) is 77.3 Å². The quantitative estimate of drug-likeness (QED) is 0.665. The van der Waals surface area contributed by atoms with Crippen LogP contribution in [0.4, 0.5) is 0 Å². The fraction of sp³-hybridized carbons (Fsp3) is 0.636. The highest BCUT2D eigenvalue weighted by atomic mass is 16.6. The third kappa shape index (κ3) is 4.46. The van der Waals surface area contributed by atoms with E-state index in [1.807, 2.05) is 52.0 Å². The number of benzene rings is 1. The predicted molar refractivity (Wildman–Crippen MR) is 102 cm³/mol. The first-order valence-electron chi connectivity index (χ1n) is 9.72. The molecule has 1 atom stereocenters. The Morgan fingerprint density at radius 1 is 1.15 bits per heavy atom. The predicted octanol–water partition coefficient (Wildman–Crippen LogP) is 5.07. The molecule has 4 nitrogen and oxygen atoms in total. The highest BCUT2D eigenvalue weighted by Gasteiger charge is 2.40. The van der Waals surface area contributed by atoms with Crippen LogP contribution in [0.3, 0.4) is 0 Å². The van der Waals surface area contributed by atoms with E-state index in [9.17, 15) is 9.59 Å². The van der Waals surface area contributed by atoms with E-state index in [4.69, 9.17) is 9.47 Å². The molecule has 0 bridgehead atoms. The van der Waals surface area contributed by atoms with Crippen LogP contribution in [-0.4, -0.2) is 18.0 Å². The maximum Gasteiger partial charge on any atom is 0.348 e. The van der Waals surface area contributed by atoms with Gasteiger partial charge in [-0.15, -0.1) is 0 Å². The first-order chi connectivity index (χ1) is 12.2. The molecule has 0 aliphatic heterocycles. The zero-order chi connectivity index (χ0) is 19.4. The molecule has 0 radical (unpaired) electrons. The summed E-state index contributed by atoms with van der Waals surface area (Å²) in [5.74, 6) is -0.826. The van der Waals surface area contributed by atoms with E-state index in [1.165, 1.54) is 0 Å². The highest BCUT2D eigenvalue weighted by molar-refractivity contribution is 5.82. The smallest absolute Gasteiger partial charge is 0.348 e. The van der Waals surface area contributed by atoms with Crippen LogP contribution >= 0.6 is 0 Å². The Hall–Kier alpha value is -1.84. The molecule has 0 spiro atoms. The Kier molecular flexibility index (Phi) is 6.48. The number of hydrogen-bond acceptors (Lipinski definition) is 4. The van der Waals surface area contributed by atoms with Crippen LogP contribution in [-0.2, 0) is 24.7 Å². The van der Waals surface area contributed by atoms with Crippen LogP contribution in [0.15, 0.2) is 24.3 Å². The molecule has 1 aliphatic carbocycles. The molecule has 0 heterocycles. The van der Waals surface area contributed by atoms with Crippen molar-refractivity contribution < 1.29 is 19.1 Å². The van der Waals surface area contributed by atoms with Gasteiger partial charge in [-0.1, -0.05) is 37.6 Å². The van der Waals surface area contributed by atoms with Gasteiger partial charge in [0, 0.05) is 0 Å². The molecular weight excluding hydrogens is 328 g/mol. The molecule has 26 heavy (non-hydrogen) atoms. The van der Waals surface area contributed by atoms with E-state index >= 15 is 0 Å². The van der Waals surface area contributed by atoms with E-state index in [0.717, 1.165) is 43.2 Å². The van der Waals surface area contributed by atoms with Crippen molar-refractivity contribution in [2.45, 2.75) is 84.8 Å². The van der Waals surface area contributed by atoms with Gasteiger partial charge in [0.15, 0.2) is 6.10 Å². The summed E-state index contributed by atoms with van der Waals surface area (Å²) < 4.78 is 11.4. The molecule has 0 N–H and O–H groups in total. The molecule has 1 aliphatic rings. The zero-order valence-corrected chi connectivity index (χ0v) is 16.8. The molecular formula is C22H32O4. The van der Waals surface area contributed by atoms with Crippen molar-refractivity contribution in [3.8, 4) is 0 Å². The van der Waals surface area contributed by atoms with Crippen molar-refractivity contribution in [1.82, 2.24) is 0 Å². The molecule has 1 saturated carbocycles. The number of esters is 2. The van der Waals surface area contributed by atoms with Crippen LogP contribution in [0.2, 0.25) is 0 Å². The van der Waals surface area contributed by atoms with Gasteiger partial charge >= 0.3 is 11.9 Å². The van der Waals surface area contributed by atoms with Crippen molar-refractivity contribution in [1.29, 1.82) is 0 Å². The van der Waals surface area contributed by atoms with E-state index in [-0.39, 0.29) is 5.97 Å². The van der Waals surface area contributed by atoms with E-state index in [0.29, 0.717) is 6.42 Å². The van der Waals surface area contributed by atoms with Crippen molar-refractivity contribution in [3.63, 3.8) is 0 Å². The van der Waals surface area contributed by atoms with Gasteiger partial charge in [0.05, 0.1) is 5.41 Å². The molecule has 2 rings (SSSR count). The van der Waals surface area contributed by atoms with Gasteiger partial charge in [-0.2, -0.15) is 0 Å². The monoisotopic (exact) mass is 360 g/mol. The van der Waals surface area contributed by atoms with E-state index in [1.54, 1.807) is 6.92 Å². The second kappa shape index (κ2) is 8.24. The zero-order valence-electron chi connectivity index (χ0n) is 16.8. The number of carbonyl (C=O) groups excluding carboxylic acids is 2. The maximum absolute atomic E-state index is 12.8. The second-order valence-corrected chi connectivity index (χ2v) is 8.08. The minimum Gasteiger partial charge on any atom is -0.451 e. The second-order valence-electron chi connectivity index (χ2n) is 8.08. The third-order valence-corrected chi connectivity index (χ3v) is 5.65. The summed E-state index contributed by atoms with van der Waals surface area (Å²) in [5.41, 5.74) is 0.980. The summed E-state index contributed by atoms with van der Waals surface area (Å²) >= 11 is 0. The topological polar surface area (TPSA) is 52.6 Å². The normalized spacial score (nSPS) is 18.0. The number of aryl methyl sites for hydroxylation is 1. The average molecular weight is 360 g/mol. The van der Waals surface area contributed by atoms with Gasteiger partial charge in [-0.25, -0.2) is 4.79 Å². The van der Waals surface area contributed by atoms with Gasteiger partial charge in [-0.05, 0) is 70.9 Å². The van der Waals surface area contributed by atoms with Gasteiger partial charge in [0.25, 0.3) is 0 Å². The summed E-state index contributed by atoms with van der Waals surface area (Å²) in [6.07, 6.45) is 4.57. The number of hydrogen-bond donors (Lipinski definition) is 0. The Balaban J connectivity index is 2.17. The first kappa shape index (κ1) is 20.5. The highest BCUT2D eigenvalue weighted by Crippen LogP contribution is 2.42. The summed E-state index contributed by atoms with van der Waals surface area (Å²) in [6.45, 7) is 9.22. The Morgan fingerprint density at radius 2 is 1.77 bits per heavy atom. The molecule has 1 fully saturated rings. The lowest BCUT2D eigenvalue weighted by molar-refractivity contribution is -0.185. The lowest BCUT2D eigenvalue weighted by atomic mass is 9.78. The number of rotatable bonds is 6. The van der Waals surface area contributed by atoms with Gasteiger partial charge in [0.1, 0.15) is 5.60 Å². The van der Waals surface area contributed by atoms with Crippen LogP contribution in [0.5, 0.6) is 0 Å². The fourth-order valence-corrected chi connectivity index (χ4v) is 3.42. The minimum absolute atomic E-state index is 0.363. The Bertz CT molecular complexity index is 641. The van der Waals surface area contributed by atoms with Crippen molar-refractivity contribution in [3.05, 3.63) is 35.4 Å². The molecule has 0 saturated heterocycles. The fourth-order valence-electron chi connectivity index (χ4n) is 3.42. The molecule has 4 heteroatoms. The van der Waals surface area contributed by atoms with Gasteiger partial charge in [-0.3, -0.25) is 4.79 Å². The number of ether oxygens (including phenoxy) is 2. The molecule has 144 valence electrons. The third-order valence-electron chi connectivity index (χ3n) is 5.65. The largest absolute Gasteiger partial charge is 0.451 e. The lowest BCUT2D eigenvalue weighted by Gasteiger charge is -2.39. The molecule has 1 aromatic carbocycles. The SMILES string of the molecule is CCC(C)(C)C(=O)OC(C)C(=O)OC1(c2ccccc2C)CCCCC1. The van der Waals surface area contributed by atoms with E-state index in [2.05, 4.69) is 0 Å². The Morgan fingerprint density at radius 3 is 2.35 bits per heavy atom. The van der Waals surface area contributed by atoms with Gasteiger partial charge in [0.2, 0.25) is 0 Å². The summed E-state index contributed by atoms with van der Waals surface area (Å²) in [5, 5.41) is 0. The molecule has 1 aromatic rings. The first-order valence-corrected chi connectivity index (χ1v) is 9.72. The summed E-state index contributed by atoms with van der Waals surface area (Å²) in [7, 11) is 0.